The van der Waals surface area contributed by atoms with Crippen molar-refractivity contribution in [3.8, 4) is 5.69 Å². The molecule has 0 saturated carbocycles. The minimum absolute atomic E-state index is 0.211. The van der Waals surface area contributed by atoms with Gasteiger partial charge in [0.1, 0.15) is 0 Å². The van der Waals surface area contributed by atoms with E-state index >= 15 is 0 Å². The van der Waals surface area contributed by atoms with Crippen molar-refractivity contribution in [3.05, 3.63) is 48.3 Å². The number of sulfonamides is 1. The number of hydrogen-bond donors (Lipinski definition) is 2. The SMILES string of the molecule is CS(=O)(=O)N1CCC(CNC(=O)NCc2ccc(-n3cccn3)cc2)CC1. The van der Waals surface area contributed by atoms with Crippen molar-refractivity contribution < 1.29 is 13.2 Å². The molecule has 0 radical (unpaired) electrons. The summed E-state index contributed by atoms with van der Waals surface area (Å²) in [6, 6.07) is 9.48. The zero-order chi connectivity index (χ0) is 19.3. The first-order valence-electron chi connectivity index (χ1n) is 8.97. The third-order valence-electron chi connectivity index (χ3n) is 4.75. The molecule has 0 atom stereocenters. The number of carbonyl (C=O) groups is 1. The predicted molar refractivity (Wildman–Crippen MR) is 103 cm³/mol. The van der Waals surface area contributed by atoms with Crippen LogP contribution in [0.5, 0.6) is 0 Å². The van der Waals surface area contributed by atoms with Crippen LogP contribution in [0.4, 0.5) is 4.79 Å². The number of aromatic nitrogens is 2. The molecule has 0 bridgehead atoms. The monoisotopic (exact) mass is 391 g/mol. The Morgan fingerprint density at radius 1 is 1.19 bits per heavy atom. The minimum atomic E-state index is -3.11. The lowest BCUT2D eigenvalue weighted by Crippen LogP contribution is -2.43. The summed E-state index contributed by atoms with van der Waals surface area (Å²) < 4.78 is 26.3. The standard InChI is InChI=1S/C18H25N5O3S/c1-27(25,26)22-11-7-16(8-12-22)14-20-18(24)19-13-15-3-5-17(6-4-15)23-10-2-9-21-23/h2-6,9-10,16H,7-8,11-14H2,1H3,(H2,19,20,24). The van der Waals surface area contributed by atoms with Crippen molar-refractivity contribution in [2.45, 2.75) is 19.4 Å². The highest BCUT2D eigenvalue weighted by Crippen LogP contribution is 2.18. The van der Waals surface area contributed by atoms with Crippen LogP contribution in [0.3, 0.4) is 0 Å². The molecule has 1 fully saturated rings. The van der Waals surface area contributed by atoms with Gasteiger partial charge in [0, 0.05) is 38.6 Å². The Kier molecular flexibility index (Phi) is 6.12. The normalized spacial score (nSPS) is 16.2. The van der Waals surface area contributed by atoms with Crippen LogP contribution in [0.15, 0.2) is 42.7 Å². The Morgan fingerprint density at radius 2 is 1.89 bits per heavy atom. The Balaban J connectivity index is 1.38. The van der Waals surface area contributed by atoms with Gasteiger partial charge >= 0.3 is 6.03 Å². The molecule has 146 valence electrons. The largest absolute Gasteiger partial charge is 0.338 e. The lowest BCUT2D eigenvalue weighted by atomic mass is 9.98. The van der Waals surface area contributed by atoms with Crippen molar-refractivity contribution in [2.75, 3.05) is 25.9 Å². The number of amides is 2. The number of nitrogens with zero attached hydrogens (tertiary/aromatic N) is 3. The zero-order valence-electron chi connectivity index (χ0n) is 15.3. The highest BCUT2D eigenvalue weighted by atomic mass is 32.2. The van der Waals surface area contributed by atoms with E-state index in [1.807, 2.05) is 36.5 Å². The number of carbonyl (C=O) groups excluding carboxylic acids is 1. The summed E-state index contributed by atoms with van der Waals surface area (Å²) in [5, 5.41) is 9.90. The van der Waals surface area contributed by atoms with E-state index in [1.54, 1.807) is 10.9 Å². The van der Waals surface area contributed by atoms with Crippen molar-refractivity contribution in [1.29, 1.82) is 0 Å². The molecule has 1 aliphatic heterocycles. The van der Waals surface area contributed by atoms with Crippen LogP contribution in [0, 0.1) is 5.92 Å². The lowest BCUT2D eigenvalue weighted by Gasteiger charge is -2.30. The van der Waals surface area contributed by atoms with Crippen LogP contribution < -0.4 is 10.6 Å². The summed E-state index contributed by atoms with van der Waals surface area (Å²) in [7, 11) is -3.11. The lowest BCUT2D eigenvalue weighted by molar-refractivity contribution is 0.231. The van der Waals surface area contributed by atoms with Gasteiger partial charge in [0.05, 0.1) is 11.9 Å². The summed E-state index contributed by atoms with van der Waals surface area (Å²) in [5.74, 6) is 0.308. The van der Waals surface area contributed by atoms with Gasteiger partial charge in [-0.15, -0.1) is 0 Å². The molecular weight excluding hydrogens is 366 g/mol. The van der Waals surface area contributed by atoms with Crippen LogP contribution in [-0.4, -0.2) is 54.4 Å². The van der Waals surface area contributed by atoms with E-state index in [1.165, 1.54) is 10.6 Å². The molecule has 1 aliphatic rings. The molecule has 2 N–H and O–H groups in total. The average Bonchev–Trinajstić information content (AvgIpc) is 3.19. The van der Waals surface area contributed by atoms with Gasteiger partial charge in [-0.05, 0) is 42.5 Å². The van der Waals surface area contributed by atoms with Crippen molar-refractivity contribution in [1.82, 2.24) is 24.7 Å². The Labute approximate surface area is 159 Å². The number of nitrogens with one attached hydrogen (secondary N) is 2. The van der Waals surface area contributed by atoms with E-state index < -0.39 is 10.0 Å². The second-order valence-electron chi connectivity index (χ2n) is 6.79. The van der Waals surface area contributed by atoms with Gasteiger partial charge < -0.3 is 10.6 Å². The average molecular weight is 391 g/mol. The Bertz CT molecular complexity index is 842. The molecule has 9 heteroatoms. The summed E-state index contributed by atoms with van der Waals surface area (Å²) in [5.41, 5.74) is 1.97. The first kappa shape index (κ1) is 19.4. The summed E-state index contributed by atoms with van der Waals surface area (Å²) >= 11 is 0. The maximum atomic E-state index is 12.0. The van der Waals surface area contributed by atoms with Crippen LogP contribution in [0.1, 0.15) is 18.4 Å². The summed E-state index contributed by atoms with van der Waals surface area (Å²) in [6.07, 6.45) is 6.37. The molecule has 1 aromatic carbocycles. The van der Waals surface area contributed by atoms with E-state index in [0.717, 1.165) is 24.1 Å². The molecule has 27 heavy (non-hydrogen) atoms. The van der Waals surface area contributed by atoms with E-state index in [4.69, 9.17) is 0 Å². The number of hydrogen-bond acceptors (Lipinski definition) is 4. The smallest absolute Gasteiger partial charge is 0.315 e. The quantitative estimate of drug-likeness (QED) is 0.777. The summed E-state index contributed by atoms with van der Waals surface area (Å²) in [6.45, 7) is 2.05. The van der Waals surface area contributed by atoms with Gasteiger partial charge in [-0.25, -0.2) is 22.2 Å². The van der Waals surface area contributed by atoms with E-state index in [9.17, 15) is 13.2 Å². The Hall–Kier alpha value is -2.39. The first-order valence-corrected chi connectivity index (χ1v) is 10.8. The van der Waals surface area contributed by atoms with Gasteiger partial charge in [-0.2, -0.15) is 5.10 Å². The fourth-order valence-electron chi connectivity index (χ4n) is 3.11. The van der Waals surface area contributed by atoms with Gasteiger partial charge in [0.25, 0.3) is 0 Å². The Morgan fingerprint density at radius 3 is 2.48 bits per heavy atom. The van der Waals surface area contributed by atoms with Crippen molar-refractivity contribution in [3.63, 3.8) is 0 Å². The van der Waals surface area contributed by atoms with Gasteiger partial charge in [0.2, 0.25) is 10.0 Å². The molecule has 0 unspecified atom stereocenters. The molecule has 8 nitrogen and oxygen atoms in total. The van der Waals surface area contributed by atoms with Gasteiger partial charge in [-0.1, -0.05) is 12.1 Å². The summed E-state index contributed by atoms with van der Waals surface area (Å²) in [4.78, 5) is 12.0. The molecule has 0 aliphatic carbocycles. The first-order chi connectivity index (χ1) is 12.9. The highest BCUT2D eigenvalue weighted by molar-refractivity contribution is 7.88. The number of rotatable bonds is 6. The zero-order valence-corrected chi connectivity index (χ0v) is 16.2. The second-order valence-corrected chi connectivity index (χ2v) is 8.77. The fourth-order valence-corrected chi connectivity index (χ4v) is 3.99. The molecule has 2 aromatic rings. The van der Waals surface area contributed by atoms with E-state index in [2.05, 4.69) is 15.7 Å². The molecule has 2 heterocycles. The molecule has 0 spiro atoms. The molecule has 1 aromatic heterocycles. The molecule has 1 saturated heterocycles. The van der Waals surface area contributed by atoms with Crippen molar-refractivity contribution >= 4 is 16.1 Å². The highest BCUT2D eigenvalue weighted by Gasteiger charge is 2.24. The number of urea groups is 1. The van der Waals surface area contributed by atoms with Crippen molar-refractivity contribution in [2.24, 2.45) is 5.92 Å². The van der Waals surface area contributed by atoms with E-state index in [0.29, 0.717) is 32.1 Å². The van der Waals surface area contributed by atoms with Crippen LogP contribution in [0.2, 0.25) is 0 Å². The minimum Gasteiger partial charge on any atom is -0.338 e. The van der Waals surface area contributed by atoms with E-state index in [-0.39, 0.29) is 6.03 Å². The topological polar surface area (TPSA) is 96.3 Å². The van der Waals surface area contributed by atoms with Gasteiger partial charge in [-0.3, -0.25) is 0 Å². The second kappa shape index (κ2) is 8.53. The fraction of sp³-hybridized carbons (Fsp3) is 0.444. The van der Waals surface area contributed by atoms with Crippen LogP contribution >= 0.6 is 0 Å². The van der Waals surface area contributed by atoms with Crippen LogP contribution in [0.25, 0.3) is 5.69 Å². The van der Waals surface area contributed by atoms with Gasteiger partial charge in [0.15, 0.2) is 0 Å². The maximum Gasteiger partial charge on any atom is 0.315 e. The maximum absolute atomic E-state index is 12.0. The molecule has 3 rings (SSSR count). The molecular formula is C18H25N5O3S. The number of piperidine rings is 1. The number of benzene rings is 1. The third-order valence-corrected chi connectivity index (χ3v) is 6.06. The van der Waals surface area contributed by atoms with Crippen LogP contribution in [-0.2, 0) is 16.6 Å². The predicted octanol–water partition coefficient (Wildman–Crippen LogP) is 1.34. The molecule has 2 amide bonds. The third kappa shape index (κ3) is 5.54.